The normalized spacial score (nSPS) is 10.3. The van der Waals surface area contributed by atoms with Gasteiger partial charge in [0.2, 0.25) is 0 Å². The summed E-state index contributed by atoms with van der Waals surface area (Å²) in [4.78, 5) is 22.5. The average molecular weight is 379 g/mol. The van der Waals surface area contributed by atoms with Gasteiger partial charge in [0, 0.05) is 25.1 Å². The molecule has 0 spiro atoms. The van der Waals surface area contributed by atoms with Crippen molar-refractivity contribution in [3.8, 4) is 5.75 Å². The topological polar surface area (TPSA) is 73.9 Å². The van der Waals surface area contributed by atoms with E-state index in [0.29, 0.717) is 32.7 Å². The minimum atomic E-state index is -0.145. The maximum absolute atomic E-state index is 11.2. The molecule has 6 nitrogen and oxygen atoms in total. The van der Waals surface area contributed by atoms with E-state index < -0.39 is 0 Å². The lowest BCUT2D eigenvalue weighted by Crippen LogP contribution is -2.05. The quantitative estimate of drug-likeness (QED) is 0.361. The Morgan fingerprint density at radius 1 is 0.815 bits per heavy atom. The van der Waals surface area contributed by atoms with E-state index >= 15 is 0 Å². The fourth-order valence-corrected chi connectivity index (χ4v) is 2.50. The number of carbonyl (C=O) groups excluding carboxylic acids is 2. The smallest absolute Gasteiger partial charge is 0.305 e. The zero-order valence-electron chi connectivity index (χ0n) is 16.6. The summed E-state index contributed by atoms with van der Waals surface area (Å²) in [6.45, 7) is 5.98. The van der Waals surface area contributed by atoms with Crippen LogP contribution >= 0.6 is 0 Å². The van der Waals surface area contributed by atoms with Crippen molar-refractivity contribution in [1.82, 2.24) is 0 Å². The minimum absolute atomic E-state index is 0.109. The van der Waals surface area contributed by atoms with E-state index in [-0.39, 0.29) is 11.9 Å². The standard InChI is InChI=1S/C21H33NO5/c1-3-25-20(23)10-6-5-8-16-22-18-12-14-19(15-13-18)27-17-9-7-11-21(24)26-4-2/h12-15,22H,3-11,16-17H2,1-2H3. The van der Waals surface area contributed by atoms with Crippen molar-refractivity contribution in [3.63, 3.8) is 0 Å². The highest BCUT2D eigenvalue weighted by Gasteiger charge is 2.02. The molecule has 1 aromatic rings. The minimum Gasteiger partial charge on any atom is -0.494 e. The fourth-order valence-electron chi connectivity index (χ4n) is 2.50. The second-order valence-electron chi connectivity index (χ2n) is 6.18. The highest BCUT2D eigenvalue weighted by atomic mass is 16.5. The molecule has 0 saturated carbocycles. The van der Waals surface area contributed by atoms with E-state index in [1.165, 1.54) is 0 Å². The van der Waals surface area contributed by atoms with Gasteiger partial charge in [-0.25, -0.2) is 0 Å². The second kappa shape index (κ2) is 14.9. The molecule has 1 aromatic carbocycles. The molecule has 6 heteroatoms. The van der Waals surface area contributed by atoms with Gasteiger partial charge in [0.25, 0.3) is 0 Å². The van der Waals surface area contributed by atoms with Crippen LogP contribution in [0.25, 0.3) is 0 Å². The molecule has 0 atom stereocenters. The van der Waals surface area contributed by atoms with Gasteiger partial charge in [0.05, 0.1) is 19.8 Å². The van der Waals surface area contributed by atoms with Crippen LogP contribution in [0.5, 0.6) is 5.75 Å². The number of hydrogen-bond acceptors (Lipinski definition) is 6. The Labute approximate surface area is 162 Å². The Balaban J connectivity index is 2.07. The highest BCUT2D eigenvalue weighted by Crippen LogP contribution is 2.16. The zero-order chi connectivity index (χ0) is 19.7. The Morgan fingerprint density at radius 2 is 1.41 bits per heavy atom. The Bertz CT molecular complexity index is 530. The lowest BCUT2D eigenvalue weighted by Gasteiger charge is -2.09. The van der Waals surface area contributed by atoms with Gasteiger partial charge in [-0.15, -0.1) is 0 Å². The molecule has 0 fully saturated rings. The molecule has 1 N–H and O–H groups in total. The number of nitrogens with one attached hydrogen (secondary N) is 1. The number of rotatable bonds is 15. The van der Waals surface area contributed by atoms with Gasteiger partial charge in [0.1, 0.15) is 5.75 Å². The van der Waals surface area contributed by atoms with Gasteiger partial charge in [-0.05, 0) is 63.8 Å². The monoisotopic (exact) mass is 379 g/mol. The van der Waals surface area contributed by atoms with Crippen LogP contribution in [0.15, 0.2) is 24.3 Å². The summed E-state index contributed by atoms with van der Waals surface area (Å²) in [6.07, 6.45) is 5.42. The SMILES string of the molecule is CCOC(=O)CCCCCNc1ccc(OCCCCC(=O)OCC)cc1. The molecular weight excluding hydrogens is 346 g/mol. The van der Waals surface area contributed by atoms with Crippen LogP contribution in [-0.2, 0) is 19.1 Å². The summed E-state index contributed by atoms with van der Waals surface area (Å²) >= 11 is 0. The molecule has 0 heterocycles. The third-order valence-corrected chi connectivity index (χ3v) is 3.90. The van der Waals surface area contributed by atoms with Crippen LogP contribution in [0.3, 0.4) is 0 Å². The van der Waals surface area contributed by atoms with Gasteiger partial charge in [-0.2, -0.15) is 0 Å². The first-order valence-electron chi connectivity index (χ1n) is 9.93. The first-order chi connectivity index (χ1) is 13.2. The van der Waals surface area contributed by atoms with Gasteiger partial charge in [0.15, 0.2) is 0 Å². The molecule has 0 saturated heterocycles. The molecule has 0 aliphatic heterocycles. The van der Waals surface area contributed by atoms with Crippen LogP contribution in [0.2, 0.25) is 0 Å². The molecule has 0 radical (unpaired) electrons. The van der Waals surface area contributed by atoms with E-state index in [0.717, 1.165) is 50.1 Å². The number of anilines is 1. The number of hydrogen-bond donors (Lipinski definition) is 1. The average Bonchev–Trinajstić information content (AvgIpc) is 2.66. The van der Waals surface area contributed by atoms with Crippen molar-refractivity contribution >= 4 is 17.6 Å². The van der Waals surface area contributed by atoms with Gasteiger partial charge in [-0.3, -0.25) is 9.59 Å². The lowest BCUT2D eigenvalue weighted by atomic mass is 10.2. The summed E-state index contributed by atoms with van der Waals surface area (Å²) in [5.41, 5.74) is 1.05. The van der Waals surface area contributed by atoms with Crippen LogP contribution in [0.4, 0.5) is 5.69 Å². The summed E-state index contributed by atoms with van der Waals surface area (Å²) < 4.78 is 15.5. The summed E-state index contributed by atoms with van der Waals surface area (Å²) in [5, 5.41) is 3.36. The Hall–Kier alpha value is -2.24. The molecular formula is C21H33NO5. The van der Waals surface area contributed by atoms with E-state index in [1.54, 1.807) is 0 Å². The summed E-state index contributed by atoms with van der Waals surface area (Å²) in [7, 11) is 0. The van der Waals surface area contributed by atoms with E-state index in [2.05, 4.69) is 5.32 Å². The fraction of sp³-hybridized carbons (Fsp3) is 0.619. The maximum Gasteiger partial charge on any atom is 0.305 e. The van der Waals surface area contributed by atoms with Gasteiger partial charge in [-0.1, -0.05) is 6.42 Å². The predicted octanol–water partition coefficient (Wildman–Crippen LogP) is 4.33. The Kier molecular flexibility index (Phi) is 12.6. The first-order valence-corrected chi connectivity index (χ1v) is 9.93. The predicted molar refractivity (Wildman–Crippen MR) is 106 cm³/mol. The summed E-state index contributed by atoms with van der Waals surface area (Å²) in [5.74, 6) is 0.571. The molecule has 0 unspecified atom stereocenters. The third kappa shape index (κ3) is 11.9. The van der Waals surface area contributed by atoms with Crippen molar-refractivity contribution in [2.75, 3.05) is 31.7 Å². The largest absolute Gasteiger partial charge is 0.494 e. The number of ether oxygens (including phenoxy) is 3. The van der Waals surface area contributed by atoms with E-state index in [1.807, 2.05) is 38.1 Å². The van der Waals surface area contributed by atoms with Crippen LogP contribution in [0, 0.1) is 0 Å². The van der Waals surface area contributed by atoms with Crippen LogP contribution in [0.1, 0.15) is 58.8 Å². The van der Waals surface area contributed by atoms with Crippen molar-refractivity contribution in [1.29, 1.82) is 0 Å². The molecule has 1 rings (SSSR count). The van der Waals surface area contributed by atoms with E-state index in [9.17, 15) is 9.59 Å². The molecule has 152 valence electrons. The third-order valence-electron chi connectivity index (χ3n) is 3.90. The lowest BCUT2D eigenvalue weighted by molar-refractivity contribution is -0.144. The maximum atomic E-state index is 11.2. The highest BCUT2D eigenvalue weighted by molar-refractivity contribution is 5.69. The molecule has 0 aliphatic rings. The number of esters is 2. The number of benzene rings is 1. The van der Waals surface area contributed by atoms with Crippen molar-refractivity contribution in [2.45, 2.75) is 58.8 Å². The first kappa shape index (κ1) is 22.8. The number of unbranched alkanes of at least 4 members (excludes halogenated alkanes) is 3. The van der Waals surface area contributed by atoms with Crippen molar-refractivity contribution in [3.05, 3.63) is 24.3 Å². The molecule has 0 aliphatic carbocycles. The Morgan fingerprint density at radius 3 is 2.00 bits per heavy atom. The molecule has 0 bridgehead atoms. The van der Waals surface area contributed by atoms with Crippen LogP contribution in [-0.4, -0.2) is 38.3 Å². The number of carbonyl (C=O) groups is 2. The zero-order valence-corrected chi connectivity index (χ0v) is 16.6. The molecule has 27 heavy (non-hydrogen) atoms. The van der Waals surface area contributed by atoms with Crippen molar-refractivity contribution < 1.29 is 23.8 Å². The summed E-state index contributed by atoms with van der Waals surface area (Å²) in [6, 6.07) is 7.86. The van der Waals surface area contributed by atoms with E-state index in [4.69, 9.17) is 14.2 Å². The van der Waals surface area contributed by atoms with Crippen molar-refractivity contribution in [2.24, 2.45) is 0 Å². The molecule has 0 amide bonds. The molecule has 0 aromatic heterocycles. The second-order valence-corrected chi connectivity index (χ2v) is 6.18. The van der Waals surface area contributed by atoms with Crippen LogP contribution < -0.4 is 10.1 Å². The van der Waals surface area contributed by atoms with Gasteiger partial charge < -0.3 is 19.5 Å². The van der Waals surface area contributed by atoms with Gasteiger partial charge >= 0.3 is 11.9 Å².